The van der Waals surface area contributed by atoms with Gasteiger partial charge >= 0.3 is 0 Å². The largest absolute Gasteiger partial charge is 0.367 e. The Balaban J connectivity index is 0.00000210. The third kappa shape index (κ3) is 3.97. The first kappa shape index (κ1) is 19.7. The predicted octanol–water partition coefficient (Wildman–Crippen LogP) is 4.51. The lowest BCUT2D eigenvalue weighted by Crippen LogP contribution is -2.56. The fraction of sp³-hybridized carbons (Fsp3) is 0.409. The third-order valence-electron chi connectivity index (χ3n) is 6.10. The van der Waals surface area contributed by atoms with Crippen molar-refractivity contribution in [1.29, 1.82) is 0 Å². The molecule has 2 aromatic rings. The van der Waals surface area contributed by atoms with Crippen molar-refractivity contribution in [3.63, 3.8) is 0 Å². The second-order valence-corrected chi connectivity index (χ2v) is 7.76. The Hall–Kier alpha value is -2.04. The maximum Gasteiger partial charge on any atom is 0.260 e. The molecule has 0 radical (unpaired) electrons. The van der Waals surface area contributed by atoms with Gasteiger partial charge in [-0.3, -0.25) is 9.69 Å². The number of benzene rings is 1. The standard InChI is InChI=1S/C22H27N3O.ClH/c1-2-12-24-13-9-22(10-14-24)15-20(16-22)25(19-6-4-3-5-7-19)21(26)18-8-11-23-17-18;/h2-8,11,17,20,23H,1,9-10,12-16H2;1H. The zero-order chi connectivity index (χ0) is 18.0. The summed E-state index contributed by atoms with van der Waals surface area (Å²) < 4.78 is 0. The lowest BCUT2D eigenvalue weighted by Gasteiger charge is -2.55. The molecule has 1 amide bonds. The SMILES string of the molecule is C=CCN1CCC2(CC1)CC(N(C(=O)c1cc[nH]c1)c1ccccc1)C2.Cl. The van der Waals surface area contributed by atoms with Crippen molar-refractivity contribution in [1.82, 2.24) is 9.88 Å². The summed E-state index contributed by atoms with van der Waals surface area (Å²) >= 11 is 0. The summed E-state index contributed by atoms with van der Waals surface area (Å²) in [5.41, 5.74) is 2.16. The summed E-state index contributed by atoms with van der Waals surface area (Å²) in [5.74, 6) is 0.0985. The number of nitrogens with zero attached hydrogens (tertiary/aromatic N) is 2. The fourth-order valence-corrected chi connectivity index (χ4v) is 4.60. The molecule has 0 unspecified atom stereocenters. The monoisotopic (exact) mass is 385 g/mol. The van der Waals surface area contributed by atoms with Crippen molar-refractivity contribution in [2.24, 2.45) is 5.41 Å². The molecule has 2 fully saturated rings. The number of para-hydroxylation sites is 1. The summed E-state index contributed by atoms with van der Waals surface area (Å²) in [5, 5.41) is 0. The van der Waals surface area contributed by atoms with Gasteiger partial charge in [-0.05, 0) is 62.4 Å². The highest BCUT2D eigenvalue weighted by atomic mass is 35.5. The van der Waals surface area contributed by atoms with E-state index in [9.17, 15) is 4.79 Å². The maximum absolute atomic E-state index is 13.1. The minimum Gasteiger partial charge on any atom is -0.367 e. The summed E-state index contributed by atoms with van der Waals surface area (Å²) in [6.45, 7) is 7.13. The number of nitrogens with one attached hydrogen (secondary N) is 1. The molecule has 1 aliphatic heterocycles. The van der Waals surface area contributed by atoms with Crippen molar-refractivity contribution in [3.8, 4) is 0 Å². The van der Waals surface area contributed by atoms with Gasteiger partial charge in [-0.1, -0.05) is 24.3 Å². The fourth-order valence-electron chi connectivity index (χ4n) is 4.60. The number of halogens is 1. The van der Waals surface area contributed by atoms with E-state index in [-0.39, 0.29) is 18.3 Å². The second-order valence-electron chi connectivity index (χ2n) is 7.76. The second kappa shape index (κ2) is 8.32. The van der Waals surface area contributed by atoms with Crippen molar-refractivity contribution < 1.29 is 4.79 Å². The molecule has 27 heavy (non-hydrogen) atoms. The number of hydrogen-bond donors (Lipinski definition) is 1. The van der Waals surface area contributed by atoms with Crippen LogP contribution >= 0.6 is 12.4 Å². The smallest absolute Gasteiger partial charge is 0.260 e. The molecular weight excluding hydrogens is 358 g/mol. The van der Waals surface area contributed by atoms with E-state index in [1.54, 1.807) is 6.20 Å². The Morgan fingerprint density at radius 1 is 1.22 bits per heavy atom. The molecule has 1 saturated carbocycles. The van der Waals surface area contributed by atoms with E-state index in [1.807, 2.05) is 53.6 Å². The van der Waals surface area contributed by atoms with Gasteiger partial charge in [0.15, 0.2) is 0 Å². The van der Waals surface area contributed by atoms with Crippen molar-refractivity contribution >= 4 is 24.0 Å². The third-order valence-corrected chi connectivity index (χ3v) is 6.10. The van der Waals surface area contributed by atoms with Gasteiger partial charge in [0.05, 0.1) is 5.56 Å². The van der Waals surface area contributed by atoms with Gasteiger partial charge in [-0.15, -0.1) is 19.0 Å². The molecule has 1 N–H and O–H groups in total. The Bertz CT molecular complexity index is 743. The summed E-state index contributed by atoms with van der Waals surface area (Å²) in [6, 6.07) is 12.3. The van der Waals surface area contributed by atoms with Gasteiger partial charge in [0.2, 0.25) is 0 Å². The number of hydrogen-bond acceptors (Lipinski definition) is 2. The number of aromatic amines is 1. The number of rotatable bonds is 5. The molecule has 0 bridgehead atoms. The Morgan fingerprint density at radius 3 is 2.52 bits per heavy atom. The Morgan fingerprint density at radius 2 is 1.93 bits per heavy atom. The minimum absolute atomic E-state index is 0. The molecule has 1 aromatic heterocycles. The highest BCUT2D eigenvalue weighted by Crippen LogP contribution is 2.51. The topological polar surface area (TPSA) is 39.3 Å². The average Bonchev–Trinajstić information content (AvgIpc) is 3.18. The summed E-state index contributed by atoms with van der Waals surface area (Å²) in [4.78, 5) is 20.6. The van der Waals surface area contributed by atoms with Crippen LogP contribution in [0.5, 0.6) is 0 Å². The molecule has 2 aliphatic rings. The molecule has 2 heterocycles. The average molecular weight is 386 g/mol. The highest BCUT2D eigenvalue weighted by molar-refractivity contribution is 6.06. The van der Waals surface area contributed by atoms with Gasteiger partial charge in [-0.2, -0.15) is 0 Å². The molecule has 144 valence electrons. The van der Waals surface area contributed by atoms with E-state index >= 15 is 0 Å². The van der Waals surface area contributed by atoms with Crippen molar-refractivity contribution in [3.05, 3.63) is 67.0 Å². The first-order chi connectivity index (χ1) is 12.7. The lowest BCUT2D eigenvalue weighted by molar-refractivity contribution is 0.0188. The van der Waals surface area contributed by atoms with Gasteiger partial charge in [0.25, 0.3) is 5.91 Å². The molecule has 0 atom stereocenters. The maximum atomic E-state index is 13.1. The molecular formula is C22H28ClN3O. The van der Waals surface area contributed by atoms with E-state index in [1.165, 1.54) is 12.8 Å². The zero-order valence-electron chi connectivity index (χ0n) is 15.6. The van der Waals surface area contributed by atoms with Crippen LogP contribution in [0, 0.1) is 5.41 Å². The van der Waals surface area contributed by atoms with Crippen LogP contribution in [0.2, 0.25) is 0 Å². The number of likely N-dealkylation sites (tertiary alicyclic amines) is 1. The number of piperidine rings is 1. The van der Waals surface area contributed by atoms with Crippen LogP contribution in [-0.4, -0.2) is 41.5 Å². The quantitative estimate of drug-likeness (QED) is 0.769. The Labute approximate surface area is 167 Å². The van der Waals surface area contributed by atoms with Gasteiger partial charge in [0, 0.05) is 30.7 Å². The lowest BCUT2D eigenvalue weighted by atomic mass is 9.60. The number of aromatic nitrogens is 1. The number of amides is 1. The highest BCUT2D eigenvalue weighted by Gasteiger charge is 2.49. The summed E-state index contributed by atoms with van der Waals surface area (Å²) in [6.07, 6.45) is 10.3. The molecule has 5 heteroatoms. The van der Waals surface area contributed by atoms with E-state index in [2.05, 4.69) is 16.5 Å². The molecule has 4 rings (SSSR count). The van der Waals surface area contributed by atoms with Crippen LogP contribution in [-0.2, 0) is 0 Å². The summed E-state index contributed by atoms with van der Waals surface area (Å²) in [7, 11) is 0. The number of carbonyl (C=O) groups is 1. The normalized spacial score (nSPS) is 19.1. The van der Waals surface area contributed by atoms with E-state index in [0.717, 1.165) is 43.7 Å². The van der Waals surface area contributed by atoms with Gasteiger partial charge in [-0.25, -0.2) is 0 Å². The number of H-pyrrole nitrogens is 1. The zero-order valence-corrected chi connectivity index (χ0v) is 16.5. The molecule has 1 aliphatic carbocycles. The van der Waals surface area contributed by atoms with Crippen molar-refractivity contribution in [2.75, 3.05) is 24.5 Å². The first-order valence-electron chi connectivity index (χ1n) is 9.55. The predicted molar refractivity (Wildman–Crippen MR) is 113 cm³/mol. The van der Waals surface area contributed by atoms with Crippen molar-refractivity contribution in [2.45, 2.75) is 31.7 Å². The first-order valence-corrected chi connectivity index (χ1v) is 9.55. The number of carbonyl (C=O) groups excluding carboxylic acids is 1. The van der Waals surface area contributed by atoms with Crippen LogP contribution in [0.15, 0.2) is 61.4 Å². The minimum atomic E-state index is 0. The van der Waals surface area contributed by atoms with Gasteiger partial charge in [0.1, 0.15) is 0 Å². The van der Waals surface area contributed by atoms with Crippen LogP contribution < -0.4 is 4.90 Å². The van der Waals surface area contributed by atoms with Gasteiger partial charge < -0.3 is 9.88 Å². The number of anilines is 1. The molecule has 1 spiro atoms. The van der Waals surface area contributed by atoms with E-state index in [4.69, 9.17) is 0 Å². The van der Waals surface area contributed by atoms with Crippen LogP contribution in [0.25, 0.3) is 0 Å². The molecule has 1 saturated heterocycles. The van der Waals surface area contributed by atoms with E-state index in [0.29, 0.717) is 11.5 Å². The van der Waals surface area contributed by atoms with E-state index < -0.39 is 0 Å². The van der Waals surface area contributed by atoms with Crippen LogP contribution in [0.3, 0.4) is 0 Å². The van der Waals surface area contributed by atoms with Crippen LogP contribution in [0.1, 0.15) is 36.0 Å². The Kier molecular flexibility index (Phi) is 6.08. The molecule has 1 aromatic carbocycles. The molecule has 4 nitrogen and oxygen atoms in total. The van der Waals surface area contributed by atoms with Crippen LogP contribution in [0.4, 0.5) is 5.69 Å².